The lowest BCUT2D eigenvalue weighted by atomic mass is 9.86. The molecule has 0 saturated carbocycles. The van der Waals surface area contributed by atoms with Gasteiger partial charge in [0.25, 0.3) is 0 Å². The molecule has 0 aromatic heterocycles. The summed E-state index contributed by atoms with van der Waals surface area (Å²) in [5, 5.41) is 0. The second-order valence-electron chi connectivity index (χ2n) is 4.39. The molecule has 0 radical (unpaired) electrons. The van der Waals surface area contributed by atoms with Crippen LogP contribution in [0.4, 0.5) is 0 Å². The van der Waals surface area contributed by atoms with Crippen LogP contribution < -0.4 is 15.2 Å². The van der Waals surface area contributed by atoms with Crippen LogP contribution >= 0.6 is 0 Å². The van der Waals surface area contributed by atoms with Gasteiger partial charge in [-0.25, -0.2) is 0 Å². The predicted octanol–water partition coefficient (Wildman–Crippen LogP) is 1.83. The quantitative estimate of drug-likeness (QED) is 0.828. The molecule has 2 N–H and O–H groups in total. The van der Waals surface area contributed by atoms with Crippen molar-refractivity contribution in [3.8, 4) is 11.5 Å². The van der Waals surface area contributed by atoms with Gasteiger partial charge in [-0.15, -0.1) is 0 Å². The fourth-order valence-electron chi connectivity index (χ4n) is 2.52. The normalized spacial score (nSPS) is 19.1. The van der Waals surface area contributed by atoms with Gasteiger partial charge in [0.2, 0.25) is 0 Å². The first-order chi connectivity index (χ1) is 7.67. The zero-order valence-corrected chi connectivity index (χ0v) is 10.2. The monoisotopic (exact) mass is 221 g/mol. The average molecular weight is 221 g/mol. The van der Waals surface area contributed by atoms with Gasteiger partial charge in [-0.3, -0.25) is 0 Å². The fraction of sp³-hybridized carbons (Fsp3) is 0.538. The molecule has 0 unspecified atom stereocenters. The second-order valence-corrected chi connectivity index (χ2v) is 4.39. The van der Waals surface area contributed by atoms with E-state index in [1.807, 2.05) is 6.07 Å². The molecule has 0 amide bonds. The highest BCUT2D eigenvalue weighted by Gasteiger charge is 2.23. The van der Waals surface area contributed by atoms with Crippen LogP contribution in [0.5, 0.6) is 11.5 Å². The number of nitrogens with two attached hydrogens (primary N) is 1. The molecule has 1 aliphatic carbocycles. The molecule has 3 nitrogen and oxygen atoms in total. The number of methoxy groups -OCH3 is 2. The molecule has 0 fully saturated rings. The Hall–Kier alpha value is -1.22. The van der Waals surface area contributed by atoms with E-state index in [0.29, 0.717) is 0 Å². The van der Waals surface area contributed by atoms with Crippen molar-refractivity contribution in [1.29, 1.82) is 0 Å². The van der Waals surface area contributed by atoms with Crippen LogP contribution in [0.3, 0.4) is 0 Å². The number of hydrogen-bond acceptors (Lipinski definition) is 3. The van der Waals surface area contributed by atoms with Crippen molar-refractivity contribution in [2.24, 2.45) is 5.73 Å². The molecule has 16 heavy (non-hydrogen) atoms. The van der Waals surface area contributed by atoms with Crippen molar-refractivity contribution >= 4 is 0 Å². The van der Waals surface area contributed by atoms with Gasteiger partial charge in [0, 0.05) is 17.2 Å². The van der Waals surface area contributed by atoms with Crippen molar-refractivity contribution in [3.63, 3.8) is 0 Å². The van der Waals surface area contributed by atoms with Gasteiger partial charge in [0.05, 0.1) is 14.2 Å². The molecule has 1 aliphatic rings. The predicted molar refractivity (Wildman–Crippen MR) is 64.3 cm³/mol. The number of hydrogen-bond donors (Lipinski definition) is 1. The SMILES string of the molecule is COc1cc(C)c(OC)c2c1C[C@H](N)CC2. The van der Waals surface area contributed by atoms with Crippen LogP contribution in [0.1, 0.15) is 23.1 Å². The zero-order chi connectivity index (χ0) is 11.7. The summed E-state index contributed by atoms with van der Waals surface area (Å²) in [5.74, 6) is 1.95. The summed E-state index contributed by atoms with van der Waals surface area (Å²) < 4.78 is 10.9. The Morgan fingerprint density at radius 1 is 1.25 bits per heavy atom. The lowest BCUT2D eigenvalue weighted by Crippen LogP contribution is -2.28. The average Bonchev–Trinajstić information content (AvgIpc) is 2.28. The van der Waals surface area contributed by atoms with Crippen LogP contribution in [0.25, 0.3) is 0 Å². The highest BCUT2D eigenvalue weighted by atomic mass is 16.5. The molecule has 1 aromatic carbocycles. The maximum atomic E-state index is 6.01. The Kier molecular flexibility index (Phi) is 3.06. The zero-order valence-electron chi connectivity index (χ0n) is 10.2. The maximum Gasteiger partial charge on any atom is 0.125 e. The minimum absolute atomic E-state index is 0.244. The summed E-state index contributed by atoms with van der Waals surface area (Å²) >= 11 is 0. The lowest BCUT2D eigenvalue weighted by Gasteiger charge is -2.26. The fourth-order valence-corrected chi connectivity index (χ4v) is 2.52. The van der Waals surface area contributed by atoms with Crippen LogP contribution in [-0.4, -0.2) is 20.3 Å². The summed E-state index contributed by atoms with van der Waals surface area (Å²) in [5.41, 5.74) is 9.64. The van der Waals surface area contributed by atoms with Crippen molar-refractivity contribution in [2.45, 2.75) is 32.2 Å². The number of fused-ring (bicyclic) bond motifs is 1. The molecule has 0 spiro atoms. The maximum absolute atomic E-state index is 6.01. The Bertz CT molecular complexity index is 401. The number of ether oxygens (including phenoxy) is 2. The minimum Gasteiger partial charge on any atom is -0.496 e. The topological polar surface area (TPSA) is 44.5 Å². The van der Waals surface area contributed by atoms with Crippen LogP contribution in [0.2, 0.25) is 0 Å². The van der Waals surface area contributed by atoms with E-state index >= 15 is 0 Å². The van der Waals surface area contributed by atoms with E-state index in [-0.39, 0.29) is 6.04 Å². The van der Waals surface area contributed by atoms with E-state index in [9.17, 15) is 0 Å². The summed E-state index contributed by atoms with van der Waals surface area (Å²) in [6.45, 7) is 2.05. The molecule has 1 aromatic rings. The Balaban J connectivity index is 2.57. The molecular formula is C13H19NO2. The molecule has 0 saturated heterocycles. The standard InChI is InChI=1S/C13H19NO2/c1-8-6-12(15-2)11-7-9(14)4-5-10(11)13(8)16-3/h6,9H,4-5,7,14H2,1-3H3/t9-/m1/s1. The molecule has 88 valence electrons. The summed E-state index contributed by atoms with van der Waals surface area (Å²) in [4.78, 5) is 0. The van der Waals surface area contributed by atoms with Crippen LogP contribution in [-0.2, 0) is 12.8 Å². The first-order valence-electron chi connectivity index (χ1n) is 5.66. The largest absolute Gasteiger partial charge is 0.496 e. The Labute approximate surface area is 96.5 Å². The molecule has 3 heteroatoms. The Morgan fingerprint density at radius 2 is 2.00 bits per heavy atom. The van der Waals surface area contributed by atoms with Crippen molar-refractivity contribution < 1.29 is 9.47 Å². The van der Waals surface area contributed by atoms with Gasteiger partial charge in [-0.2, -0.15) is 0 Å². The summed E-state index contributed by atoms with van der Waals surface area (Å²) in [7, 11) is 3.44. The summed E-state index contributed by atoms with van der Waals surface area (Å²) in [6, 6.07) is 2.28. The molecule has 1 atom stereocenters. The van der Waals surface area contributed by atoms with E-state index < -0.39 is 0 Å². The van der Waals surface area contributed by atoms with Gasteiger partial charge in [0.1, 0.15) is 11.5 Å². The van der Waals surface area contributed by atoms with E-state index in [0.717, 1.165) is 36.3 Å². The van der Waals surface area contributed by atoms with E-state index in [1.165, 1.54) is 11.1 Å². The first-order valence-corrected chi connectivity index (χ1v) is 5.66. The van der Waals surface area contributed by atoms with E-state index in [4.69, 9.17) is 15.2 Å². The van der Waals surface area contributed by atoms with E-state index in [2.05, 4.69) is 6.92 Å². The van der Waals surface area contributed by atoms with Gasteiger partial charge in [0.15, 0.2) is 0 Å². The van der Waals surface area contributed by atoms with E-state index in [1.54, 1.807) is 14.2 Å². The van der Waals surface area contributed by atoms with Gasteiger partial charge in [-0.05, 0) is 37.8 Å². The number of aryl methyl sites for hydroxylation is 1. The molecule has 0 bridgehead atoms. The third-order valence-corrected chi connectivity index (χ3v) is 3.30. The van der Waals surface area contributed by atoms with Crippen LogP contribution in [0.15, 0.2) is 6.07 Å². The van der Waals surface area contributed by atoms with Gasteiger partial charge in [-0.1, -0.05) is 0 Å². The van der Waals surface area contributed by atoms with Gasteiger partial charge >= 0.3 is 0 Å². The summed E-state index contributed by atoms with van der Waals surface area (Å²) in [6.07, 6.45) is 2.89. The minimum atomic E-state index is 0.244. The molecule has 0 aliphatic heterocycles. The number of benzene rings is 1. The molecular weight excluding hydrogens is 202 g/mol. The van der Waals surface area contributed by atoms with Gasteiger partial charge < -0.3 is 15.2 Å². The van der Waals surface area contributed by atoms with Crippen LogP contribution in [0, 0.1) is 6.92 Å². The van der Waals surface area contributed by atoms with Crippen molar-refractivity contribution in [3.05, 3.63) is 22.8 Å². The van der Waals surface area contributed by atoms with Crippen molar-refractivity contribution in [1.82, 2.24) is 0 Å². The molecule has 0 heterocycles. The third-order valence-electron chi connectivity index (χ3n) is 3.30. The van der Waals surface area contributed by atoms with Crippen molar-refractivity contribution in [2.75, 3.05) is 14.2 Å². The smallest absolute Gasteiger partial charge is 0.125 e. The highest BCUT2D eigenvalue weighted by Crippen LogP contribution is 2.38. The lowest BCUT2D eigenvalue weighted by molar-refractivity contribution is 0.383. The Morgan fingerprint density at radius 3 is 2.62 bits per heavy atom. The third kappa shape index (κ3) is 1.76. The highest BCUT2D eigenvalue weighted by molar-refractivity contribution is 5.54. The molecule has 2 rings (SSSR count). The number of rotatable bonds is 2. The second kappa shape index (κ2) is 4.34. The first kappa shape index (κ1) is 11.3.